The van der Waals surface area contributed by atoms with E-state index in [4.69, 9.17) is 0 Å². The molecule has 0 radical (unpaired) electrons. The van der Waals surface area contributed by atoms with Crippen molar-refractivity contribution in [1.29, 1.82) is 0 Å². The fourth-order valence-corrected chi connectivity index (χ4v) is 3.49. The van der Waals surface area contributed by atoms with Crippen molar-refractivity contribution >= 4 is 18.3 Å². The van der Waals surface area contributed by atoms with E-state index in [2.05, 4.69) is 20.4 Å². The fourth-order valence-electron chi connectivity index (χ4n) is 3.49. The number of benzene rings is 1. The van der Waals surface area contributed by atoms with Crippen LogP contribution < -0.4 is 10.1 Å². The van der Waals surface area contributed by atoms with Crippen LogP contribution in [-0.2, 0) is 0 Å². The van der Waals surface area contributed by atoms with Crippen LogP contribution in [0.15, 0.2) is 24.3 Å². The molecule has 10 heteroatoms. The Bertz CT molecular complexity index is 794. The van der Waals surface area contributed by atoms with Gasteiger partial charge in [0.2, 0.25) is 0 Å². The number of rotatable bonds is 7. The number of aromatic nitrogens is 3. The summed E-state index contributed by atoms with van der Waals surface area (Å²) in [7, 11) is 0. The standard InChI is InChI=1S/C19H25F2N5O2.ClH/c1-3-12-25(14-8-10-22-11-9-14)18(27)17-13(2)26(24-23-17)15-4-6-16(7-5-15)28-19(20)21;/h4-7,14,19,22H,3,8-12H2,1-2H3;1H. The highest BCUT2D eigenvalue weighted by Crippen LogP contribution is 2.21. The first-order valence-corrected chi connectivity index (χ1v) is 9.50. The van der Waals surface area contributed by atoms with Gasteiger partial charge in [-0.25, -0.2) is 4.68 Å². The van der Waals surface area contributed by atoms with Gasteiger partial charge in [-0.15, -0.1) is 17.5 Å². The van der Waals surface area contributed by atoms with E-state index >= 15 is 0 Å². The molecular weight excluding hydrogens is 404 g/mol. The second-order valence-corrected chi connectivity index (χ2v) is 6.79. The Balaban J connectivity index is 0.00000300. The minimum Gasteiger partial charge on any atom is -0.435 e. The number of piperidine rings is 1. The van der Waals surface area contributed by atoms with Gasteiger partial charge in [0.05, 0.1) is 11.4 Å². The van der Waals surface area contributed by atoms with Crippen molar-refractivity contribution in [2.24, 2.45) is 0 Å². The Kier molecular flexibility index (Phi) is 8.33. The van der Waals surface area contributed by atoms with Crippen molar-refractivity contribution in [2.45, 2.75) is 45.8 Å². The Morgan fingerprint density at radius 1 is 1.31 bits per heavy atom. The van der Waals surface area contributed by atoms with Crippen LogP contribution in [0.3, 0.4) is 0 Å². The maximum atomic E-state index is 13.2. The number of hydrogen-bond acceptors (Lipinski definition) is 5. The molecule has 0 bridgehead atoms. The summed E-state index contributed by atoms with van der Waals surface area (Å²) < 4.78 is 30.5. The van der Waals surface area contributed by atoms with E-state index in [9.17, 15) is 13.6 Å². The zero-order valence-corrected chi connectivity index (χ0v) is 17.3. The summed E-state index contributed by atoms with van der Waals surface area (Å²) in [6, 6.07) is 6.27. The van der Waals surface area contributed by atoms with E-state index in [1.54, 1.807) is 19.1 Å². The topological polar surface area (TPSA) is 72.3 Å². The predicted octanol–water partition coefficient (Wildman–Crippen LogP) is 3.20. The first kappa shape index (κ1) is 23.0. The maximum Gasteiger partial charge on any atom is 0.387 e. The average molecular weight is 430 g/mol. The van der Waals surface area contributed by atoms with Gasteiger partial charge in [-0.1, -0.05) is 12.1 Å². The molecule has 1 saturated heterocycles. The molecule has 29 heavy (non-hydrogen) atoms. The van der Waals surface area contributed by atoms with Crippen LogP contribution in [0, 0.1) is 6.92 Å². The number of nitrogens with zero attached hydrogens (tertiary/aromatic N) is 4. The second kappa shape index (κ2) is 10.5. The third-order valence-corrected chi connectivity index (χ3v) is 4.88. The van der Waals surface area contributed by atoms with Crippen LogP contribution in [-0.4, -0.2) is 58.1 Å². The monoisotopic (exact) mass is 429 g/mol. The van der Waals surface area contributed by atoms with E-state index in [0.717, 1.165) is 32.4 Å². The van der Waals surface area contributed by atoms with Crippen LogP contribution in [0.25, 0.3) is 5.69 Å². The van der Waals surface area contributed by atoms with Crippen molar-refractivity contribution in [2.75, 3.05) is 19.6 Å². The molecular formula is C19H26ClF2N5O2. The summed E-state index contributed by atoms with van der Waals surface area (Å²) in [4.78, 5) is 15.1. The number of ether oxygens (including phenoxy) is 1. The van der Waals surface area contributed by atoms with E-state index in [0.29, 0.717) is 23.6 Å². The molecule has 1 aliphatic rings. The van der Waals surface area contributed by atoms with E-state index < -0.39 is 6.61 Å². The first-order valence-electron chi connectivity index (χ1n) is 9.50. The van der Waals surface area contributed by atoms with Crippen molar-refractivity contribution in [3.8, 4) is 11.4 Å². The molecule has 1 N–H and O–H groups in total. The lowest BCUT2D eigenvalue weighted by molar-refractivity contribution is -0.0498. The predicted molar refractivity (Wildman–Crippen MR) is 107 cm³/mol. The Morgan fingerprint density at radius 2 is 1.97 bits per heavy atom. The van der Waals surface area contributed by atoms with Gasteiger partial charge in [0.25, 0.3) is 5.91 Å². The van der Waals surface area contributed by atoms with E-state index in [-0.39, 0.29) is 30.1 Å². The van der Waals surface area contributed by atoms with Gasteiger partial charge in [0, 0.05) is 12.6 Å². The number of carbonyl (C=O) groups excluding carboxylic acids is 1. The van der Waals surface area contributed by atoms with Crippen molar-refractivity contribution in [3.63, 3.8) is 0 Å². The molecule has 2 aromatic rings. The summed E-state index contributed by atoms with van der Waals surface area (Å²) in [5, 5.41) is 11.5. The molecule has 2 heterocycles. The summed E-state index contributed by atoms with van der Waals surface area (Å²) in [6.45, 7) is 3.43. The molecule has 0 atom stereocenters. The Morgan fingerprint density at radius 3 is 2.55 bits per heavy atom. The van der Waals surface area contributed by atoms with Gasteiger partial charge in [0.15, 0.2) is 5.69 Å². The summed E-state index contributed by atoms with van der Waals surface area (Å²) in [6.07, 6.45) is 2.71. The SMILES string of the molecule is CCCN(C(=O)c1nnn(-c2ccc(OC(F)F)cc2)c1C)C1CCNCC1.Cl. The van der Waals surface area contributed by atoms with Crippen LogP contribution in [0.2, 0.25) is 0 Å². The van der Waals surface area contributed by atoms with Crippen molar-refractivity contribution in [3.05, 3.63) is 35.7 Å². The normalized spacial score (nSPS) is 14.5. The highest BCUT2D eigenvalue weighted by atomic mass is 35.5. The smallest absolute Gasteiger partial charge is 0.387 e. The van der Waals surface area contributed by atoms with Gasteiger partial charge in [-0.05, 0) is 63.5 Å². The van der Waals surface area contributed by atoms with Crippen molar-refractivity contribution < 1.29 is 18.3 Å². The molecule has 1 amide bonds. The van der Waals surface area contributed by atoms with E-state index in [1.807, 2.05) is 11.8 Å². The first-order chi connectivity index (χ1) is 13.5. The highest BCUT2D eigenvalue weighted by Gasteiger charge is 2.29. The van der Waals surface area contributed by atoms with Crippen LogP contribution >= 0.6 is 12.4 Å². The molecule has 1 aromatic heterocycles. The van der Waals surface area contributed by atoms with Crippen LogP contribution in [0.1, 0.15) is 42.4 Å². The lowest BCUT2D eigenvalue weighted by Gasteiger charge is -2.34. The molecule has 7 nitrogen and oxygen atoms in total. The molecule has 0 aliphatic carbocycles. The fraction of sp³-hybridized carbons (Fsp3) is 0.526. The number of hydrogen-bond donors (Lipinski definition) is 1. The second-order valence-electron chi connectivity index (χ2n) is 6.79. The lowest BCUT2D eigenvalue weighted by Crippen LogP contribution is -2.46. The molecule has 0 unspecified atom stereocenters. The van der Waals surface area contributed by atoms with Gasteiger partial charge in [-0.3, -0.25) is 4.79 Å². The van der Waals surface area contributed by atoms with Crippen molar-refractivity contribution in [1.82, 2.24) is 25.2 Å². The van der Waals surface area contributed by atoms with Gasteiger partial charge in [0.1, 0.15) is 5.75 Å². The maximum absolute atomic E-state index is 13.2. The van der Waals surface area contributed by atoms with Gasteiger partial charge < -0.3 is 15.0 Å². The number of alkyl halides is 2. The molecule has 3 rings (SSSR count). The minimum atomic E-state index is -2.87. The largest absolute Gasteiger partial charge is 0.435 e. The summed E-state index contributed by atoms with van der Waals surface area (Å²) >= 11 is 0. The lowest BCUT2D eigenvalue weighted by atomic mass is 10.0. The molecule has 1 aliphatic heterocycles. The molecule has 0 spiro atoms. The van der Waals surface area contributed by atoms with Crippen LogP contribution in [0.5, 0.6) is 5.75 Å². The number of carbonyl (C=O) groups is 1. The summed E-state index contributed by atoms with van der Waals surface area (Å²) in [5.41, 5.74) is 1.55. The number of amides is 1. The third kappa shape index (κ3) is 5.42. The average Bonchev–Trinajstić information content (AvgIpc) is 3.08. The van der Waals surface area contributed by atoms with Gasteiger partial charge in [-0.2, -0.15) is 8.78 Å². The van der Waals surface area contributed by atoms with Gasteiger partial charge >= 0.3 is 6.61 Å². The Labute approximate surface area is 174 Å². The third-order valence-electron chi connectivity index (χ3n) is 4.88. The quantitative estimate of drug-likeness (QED) is 0.731. The number of halogens is 3. The number of nitrogens with one attached hydrogen (secondary N) is 1. The van der Waals surface area contributed by atoms with Crippen LogP contribution in [0.4, 0.5) is 8.78 Å². The Hall–Kier alpha value is -2.26. The highest BCUT2D eigenvalue weighted by molar-refractivity contribution is 5.93. The minimum absolute atomic E-state index is 0. The molecule has 160 valence electrons. The molecule has 1 fully saturated rings. The zero-order valence-electron chi connectivity index (χ0n) is 16.5. The zero-order chi connectivity index (χ0) is 20.1. The summed E-state index contributed by atoms with van der Waals surface area (Å²) in [5.74, 6) is -0.0528. The molecule has 0 saturated carbocycles. The van der Waals surface area contributed by atoms with E-state index in [1.165, 1.54) is 16.8 Å². The molecule has 1 aromatic carbocycles.